The van der Waals surface area contributed by atoms with Gasteiger partial charge in [-0.15, -0.1) is 0 Å². The second kappa shape index (κ2) is 8.20. The standard InChI is InChI=1S/C24H19ClFNO3/c1-30-18-12-8-16(9-13-18)21-22(19-4-2-3-5-20(19)26)27(24(29)23(21)28)14-15-6-10-17(25)11-7-15/h2-13,22,28H,14H2,1H3/t22-/m0/s1. The van der Waals surface area contributed by atoms with Gasteiger partial charge >= 0.3 is 0 Å². The van der Waals surface area contributed by atoms with E-state index in [1.54, 1.807) is 73.8 Å². The van der Waals surface area contributed by atoms with Crippen molar-refractivity contribution in [3.05, 3.63) is 106 Å². The number of aliphatic hydroxyl groups excluding tert-OH is 1. The second-order valence-corrected chi connectivity index (χ2v) is 7.41. The molecule has 4 nitrogen and oxygen atoms in total. The van der Waals surface area contributed by atoms with Crippen LogP contribution >= 0.6 is 11.6 Å². The number of hydrogen-bond acceptors (Lipinski definition) is 3. The van der Waals surface area contributed by atoms with Gasteiger partial charge in [0.2, 0.25) is 0 Å². The molecular weight excluding hydrogens is 405 g/mol. The molecule has 3 aromatic carbocycles. The zero-order valence-electron chi connectivity index (χ0n) is 16.2. The highest BCUT2D eigenvalue weighted by atomic mass is 35.5. The fourth-order valence-electron chi connectivity index (χ4n) is 3.69. The largest absolute Gasteiger partial charge is 0.503 e. The lowest BCUT2D eigenvalue weighted by Gasteiger charge is -2.28. The maximum Gasteiger partial charge on any atom is 0.290 e. The summed E-state index contributed by atoms with van der Waals surface area (Å²) in [6.45, 7) is 0.193. The van der Waals surface area contributed by atoms with Gasteiger partial charge in [-0.25, -0.2) is 4.39 Å². The maximum absolute atomic E-state index is 14.8. The van der Waals surface area contributed by atoms with E-state index in [-0.39, 0.29) is 12.3 Å². The van der Waals surface area contributed by atoms with Gasteiger partial charge in [-0.1, -0.05) is 54.1 Å². The van der Waals surface area contributed by atoms with E-state index in [1.165, 1.54) is 11.0 Å². The topological polar surface area (TPSA) is 49.8 Å². The Hall–Kier alpha value is -3.31. The third-order valence-electron chi connectivity index (χ3n) is 5.17. The molecule has 1 N–H and O–H groups in total. The van der Waals surface area contributed by atoms with Crippen molar-refractivity contribution in [3.63, 3.8) is 0 Å². The average Bonchev–Trinajstić information content (AvgIpc) is 3.00. The summed E-state index contributed by atoms with van der Waals surface area (Å²) < 4.78 is 20.0. The monoisotopic (exact) mass is 423 g/mol. The highest BCUT2D eigenvalue weighted by Gasteiger charge is 2.42. The van der Waals surface area contributed by atoms with Crippen LogP contribution in [-0.4, -0.2) is 23.0 Å². The minimum Gasteiger partial charge on any atom is -0.503 e. The Morgan fingerprint density at radius 3 is 2.33 bits per heavy atom. The third-order valence-corrected chi connectivity index (χ3v) is 5.42. The number of rotatable bonds is 5. The van der Waals surface area contributed by atoms with Crippen molar-refractivity contribution in [2.45, 2.75) is 12.6 Å². The first kappa shape index (κ1) is 20.0. The molecule has 0 unspecified atom stereocenters. The van der Waals surface area contributed by atoms with Crippen molar-refractivity contribution >= 4 is 23.1 Å². The van der Waals surface area contributed by atoms with E-state index in [0.717, 1.165) is 5.56 Å². The lowest BCUT2D eigenvalue weighted by molar-refractivity contribution is -0.130. The van der Waals surface area contributed by atoms with Crippen molar-refractivity contribution in [1.82, 2.24) is 4.90 Å². The van der Waals surface area contributed by atoms with Gasteiger partial charge < -0.3 is 14.7 Å². The van der Waals surface area contributed by atoms with Crippen LogP contribution in [0, 0.1) is 5.82 Å². The molecule has 0 fully saturated rings. The number of amides is 1. The zero-order chi connectivity index (χ0) is 21.3. The van der Waals surface area contributed by atoms with Crippen molar-refractivity contribution < 1.29 is 19.0 Å². The van der Waals surface area contributed by atoms with Crippen LogP contribution in [0.5, 0.6) is 5.75 Å². The number of ether oxygens (including phenoxy) is 1. The predicted octanol–water partition coefficient (Wildman–Crippen LogP) is 5.54. The van der Waals surface area contributed by atoms with Gasteiger partial charge in [-0.05, 0) is 41.5 Å². The van der Waals surface area contributed by atoms with Crippen molar-refractivity contribution in [1.29, 1.82) is 0 Å². The van der Waals surface area contributed by atoms with Crippen LogP contribution in [0.25, 0.3) is 5.57 Å². The van der Waals surface area contributed by atoms with Gasteiger partial charge in [0, 0.05) is 22.7 Å². The van der Waals surface area contributed by atoms with Crippen LogP contribution in [0.3, 0.4) is 0 Å². The lowest BCUT2D eigenvalue weighted by atomic mass is 9.93. The Morgan fingerprint density at radius 1 is 1.03 bits per heavy atom. The van der Waals surface area contributed by atoms with Crippen LogP contribution in [0.4, 0.5) is 4.39 Å². The first-order chi connectivity index (χ1) is 14.5. The molecule has 30 heavy (non-hydrogen) atoms. The molecule has 1 amide bonds. The van der Waals surface area contributed by atoms with E-state index in [4.69, 9.17) is 16.3 Å². The number of benzene rings is 3. The molecule has 0 aromatic heterocycles. The van der Waals surface area contributed by atoms with Gasteiger partial charge in [0.1, 0.15) is 11.6 Å². The van der Waals surface area contributed by atoms with Crippen LogP contribution in [0.1, 0.15) is 22.7 Å². The average molecular weight is 424 g/mol. The van der Waals surface area contributed by atoms with E-state index in [1.807, 2.05) is 0 Å². The molecule has 0 bridgehead atoms. The summed E-state index contributed by atoms with van der Waals surface area (Å²) in [5.41, 5.74) is 2.11. The summed E-state index contributed by atoms with van der Waals surface area (Å²) in [6.07, 6.45) is 0. The molecule has 1 aliphatic heterocycles. The van der Waals surface area contributed by atoms with E-state index in [9.17, 15) is 14.3 Å². The number of hydrogen-bond donors (Lipinski definition) is 1. The Labute approximate surface area is 178 Å². The first-order valence-corrected chi connectivity index (χ1v) is 9.75. The zero-order valence-corrected chi connectivity index (χ0v) is 16.9. The molecule has 0 saturated heterocycles. The Bertz CT molecular complexity index is 1110. The normalized spacial score (nSPS) is 16.3. The van der Waals surface area contributed by atoms with E-state index < -0.39 is 17.8 Å². The van der Waals surface area contributed by atoms with Gasteiger partial charge in [-0.2, -0.15) is 0 Å². The number of carbonyl (C=O) groups is 1. The molecule has 1 aliphatic rings. The Balaban J connectivity index is 1.81. The van der Waals surface area contributed by atoms with Crippen LogP contribution in [0.2, 0.25) is 5.02 Å². The molecule has 1 heterocycles. The highest BCUT2D eigenvalue weighted by molar-refractivity contribution is 6.30. The van der Waals surface area contributed by atoms with E-state index >= 15 is 0 Å². The van der Waals surface area contributed by atoms with Gasteiger partial charge in [0.15, 0.2) is 5.76 Å². The van der Waals surface area contributed by atoms with Gasteiger partial charge in [0.25, 0.3) is 5.91 Å². The second-order valence-electron chi connectivity index (χ2n) is 6.97. The van der Waals surface area contributed by atoms with Gasteiger partial charge in [0.05, 0.1) is 13.2 Å². The fraction of sp³-hybridized carbons (Fsp3) is 0.125. The van der Waals surface area contributed by atoms with E-state index in [0.29, 0.717) is 27.5 Å². The first-order valence-electron chi connectivity index (χ1n) is 9.37. The summed E-state index contributed by atoms with van der Waals surface area (Å²) in [6, 6.07) is 19.5. The number of aliphatic hydroxyl groups is 1. The number of nitrogens with zero attached hydrogens (tertiary/aromatic N) is 1. The fourth-order valence-corrected chi connectivity index (χ4v) is 3.81. The van der Waals surface area contributed by atoms with Gasteiger partial charge in [-0.3, -0.25) is 4.79 Å². The summed E-state index contributed by atoms with van der Waals surface area (Å²) in [5, 5.41) is 11.3. The van der Waals surface area contributed by atoms with Crippen LogP contribution < -0.4 is 4.74 Å². The molecule has 0 radical (unpaired) electrons. The molecule has 6 heteroatoms. The number of carbonyl (C=O) groups excluding carboxylic acids is 1. The smallest absolute Gasteiger partial charge is 0.290 e. The molecule has 0 aliphatic carbocycles. The molecule has 0 spiro atoms. The number of methoxy groups -OCH3 is 1. The lowest BCUT2D eigenvalue weighted by Crippen LogP contribution is -2.30. The van der Waals surface area contributed by atoms with Crippen LogP contribution in [0.15, 0.2) is 78.6 Å². The molecule has 152 valence electrons. The molecular formula is C24H19ClFNO3. The molecule has 3 aromatic rings. The minimum atomic E-state index is -0.775. The molecule has 1 atom stereocenters. The maximum atomic E-state index is 14.8. The predicted molar refractivity (Wildman–Crippen MR) is 114 cm³/mol. The van der Waals surface area contributed by atoms with Crippen molar-refractivity contribution in [2.75, 3.05) is 7.11 Å². The Kier molecular flexibility index (Phi) is 5.46. The quantitative estimate of drug-likeness (QED) is 0.586. The Morgan fingerprint density at radius 2 is 1.70 bits per heavy atom. The summed E-state index contributed by atoms with van der Waals surface area (Å²) in [4.78, 5) is 14.5. The van der Waals surface area contributed by atoms with Crippen LogP contribution in [-0.2, 0) is 11.3 Å². The third kappa shape index (κ3) is 3.64. The summed E-state index contributed by atoms with van der Waals surface area (Å²) in [5.74, 6) is -0.743. The van der Waals surface area contributed by atoms with Crippen molar-refractivity contribution in [3.8, 4) is 5.75 Å². The molecule has 4 rings (SSSR count). The summed E-state index contributed by atoms with van der Waals surface area (Å²) >= 11 is 5.96. The number of halogens is 2. The summed E-state index contributed by atoms with van der Waals surface area (Å²) in [7, 11) is 1.56. The van der Waals surface area contributed by atoms with E-state index in [2.05, 4.69) is 0 Å². The van der Waals surface area contributed by atoms with Crippen molar-refractivity contribution in [2.24, 2.45) is 0 Å². The molecule has 0 saturated carbocycles. The highest BCUT2D eigenvalue weighted by Crippen LogP contribution is 2.44. The minimum absolute atomic E-state index is 0.193. The SMILES string of the molecule is COc1ccc(C2=C(O)C(=O)N(Cc3ccc(Cl)cc3)[C@H]2c2ccccc2F)cc1.